The van der Waals surface area contributed by atoms with E-state index in [-0.39, 0.29) is 11.5 Å². The molecule has 1 amide bonds. The SMILES string of the molecule is Cc1cc(Cl)c(C(=O)N(C)CC2CCNC2)cc1F. The van der Waals surface area contributed by atoms with Crippen LogP contribution in [-0.2, 0) is 0 Å². The number of benzene rings is 1. The normalized spacial score (nSPS) is 18.6. The fraction of sp³-hybridized carbons (Fsp3) is 0.500. The monoisotopic (exact) mass is 284 g/mol. The first-order valence-corrected chi connectivity index (χ1v) is 6.78. The lowest BCUT2D eigenvalue weighted by atomic mass is 10.1. The summed E-state index contributed by atoms with van der Waals surface area (Å²) in [6, 6.07) is 2.72. The van der Waals surface area contributed by atoms with Crippen molar-refractivity contribution in [1.29, 1.82) is 0 Å². The van der Waals surface area contributed by atoms with Gasteiger partial charge in [-0.15, -0.1) is 0 Å². The quantitative estimate of drug-likeness (QED) is 0.925. The zero-order chi connectivity index (χ0) is 14.0. The molecule has 19 heavy (non-hydrogen) atoms. The van der Waals surface area contributed by atoms with Crippen molar-refractivity contribution in [1.82, 2.24) is 10.2 Å². The molecule has 5 heteroatoms. The molecule has 3 nitrogen and oxygen atoms in total. The number of hydrogen-bond donors (Lipinski definition) is 1. The highest BCUT2D eigenvalue weighted by atomic mass is 35.5. The lowest BCUT2D eigenvalue weighted by Gasteiger charge is -2.21. The second kappa shape index (κ2) is 5.88. The van der Waals surface area contributed by atoms with Gasteiger partial charge >= 0.3 is 0 Å². The van der Waals surface area contributed by atoms with Crippen molar-refractivity contribution in [2.75, 3.05) is 26.7 Å². The summed E-state index contributed by atoms with van der Waals surface area (Å²) in [4.78, 5) is 13.9. The standard InChI is InChI=1S/C14H18ClFN2O/c1-9-5-12(15)11(6-13(9)16)14(19)18(2)8-10-3-4-17-7-10/h5-6,10,17H,3-4,7-8H2,1-2H3. The van der Waals surface area contributed by atoms with E-state index < -0.39 is 5.82 Å². The van der Waals surface area contributed by atoms with Gasteiger partial charge in [-0.05, 0) is 50.0 Å². The molecule has 1 aliphatic heterocycles. The Labute approximate surface area is 117 Å². The average Bonchev–Trinajstić information content (AvgIpc) is 2.85. The van der Waals surface area contributed by atoms with E-state index >= 15 is 0 Å². The van der Waals surface area contributed by atoms with E-state index in [0.717, 1.165) is 19.5 Å². The molecule has 0 saturated carbocycles. The van der Waals surface area contributed by atoms with Crippen LogP contribution in [0.3, 0.4) is 0 Å². The number of nitrogens with one attached hydrogen (secondary N) is 1. The van der Waals surface area contributed by atoms with Gasteiger partial charge in [0.2, 0.25) is 0 Å². The van der Waals surface area contributed by atoms with E-state index in [1.807, 2.05) is 0 Å². The molecule has 0 bridgehead atoms. The van der Waals surface area contributed by atoms with Gasteiger partial charge in [-0.3, -0.25) is 4.79 Å². The first-order chi connectivity index (χ1) is 8.99. The van der Waals surface area contributed by atoms with Gasteiger partial charge in [-0.2, -0.15) is 0 Å². The topological polar surface area (TPSA) is 32.3 Å². The lowest BCUT2D eigenvalue weighted by molar-refractivity contribution is 0.0776. The van der Waals surface area contributed by atoms with E-state index in [9.17, 15) is 9.18 Å². The molecule has 0 aliphatic carbocycles. The van der Waals surface area contributed by atoms with Gasteiger partial charge in [0.05, 0.1) is 10.6 Å². The zero-order valence-corrected chi connectivity index (χ0v) is 11.9. The molecule has 0 radical (unpaired) electrons. The number of hydrogen-bond acceptors (Lipinski definition) is 2. The summed E-state index contributed by atoms with van der Waals surface area (Å²) in [6.07, 6.45) is 1.06. The number of nitrogens with zero attached hydrogens (tertiary/aromatic N) is 1. The maximum atomic E-state index is 13.5. The van der Waals surface area contributed by atoms with Crippen LogP contribution in [0.15, 0.2) is 12.1 Å². The molecule has 1 aliphatic rings. The highest BCUT2D eigenvalue weighted by Gasteiger charge is 2.22. The predicted molar refractivity (Wildman–Crippen MR) is 74.1 cm³/mol. The second-order valence-corrected chi connectivity index (χ2v) is 5.53. The lowest BCUT2D eigenvalue weighted by Crippen LogP contribution is -2.32. The Kier molecular flexibility index (Phi) is 4.42. The zero-order valence-electron chi connectivity index (χ0n) is 11.2. The van der Waals surface area contributed by atoms with Crippen molar-refractivity contribution in [3.05, 3.63) is 34.1 Å². The molecule has 1 unspecified atom stereocenters. The third kappa shape index (κ3) is 3.25. The Morgan fingerprint density at radius 1 is 1.58 bits per heavy atom. The van der Waals surface area contributed by atoms with Crippen LogP contribution < -0.4 is 5.32 Å². The van der Waals surface area contributed by atoms with Gasteiger partial charge in [0.25, 0.3) is 5.91 Å². The molecular weight excluding hydrogens is 267 g/mol. The number of rotatable bonds is 3. The molecule has 1 N–H and O–H groups in total. The fourth-order valence-corrected chi connectivity index (χ4v) is 2.66. The number of aryl methyl sites for hydroxylation is 1. The van der Waals surface area contributed by atoms with Crippen LogP contribution in [0, 0.1) is 18.7 Å². The molecule has 1 aromatic carbocycles. The smallest absolute Gasteiger partial charge is 0.255 e. The van der Waals surface area contributed by atoms with Gasteiger partial charge in [0, 0.05) is 13.6 Å². The highest BCUT2D eigenvalue weighted by Crippen LogP contribution is 2.22. The molecule has 0 spiro atoms. The summed E-state index contributed by atoms with van der Waals surface area (Å²) in [5.41, 5.74) is 0.683. The molecule has 1 fully saturated rings. The number of halogens is 2. The minimum Gasteiger partial charge on any atom is -0.341 e. The minimum atomic E-state index is -0.399. The van der Waals surface area contributed by atoms with E-state index in [1.54, 1.807) is 18.9 Å². The van der Waals surface area contributed by atoms with Crippen molar-refractivity contribution in [3.63, 3.8) is 0 Å². The average molecular weight is 285 g/mol. The van der Waals surface area contributed by atoms with Gasteiger partial charge in [-0.1, -0.05) is 11.6 Å². The van der Waals surface area contributed by atoms with Crippen LogP contribution in [-0.4, -0.2) is 37.5 Å². The fourth-order valence-electron chi connectivity index (χ4n) is 2.36. The molecule has 1 aromatic rings. The minimum absolute atomic E-state index is 0.226. The van der Waals surface area contributed by atoms with E-state index in [2.05, 4.69) is 5.32 Å². The Bertz CT molecular complexity index is 487. The van der Waals surface area contributed by atoms with Crippen LogP contribution in [0.25, 0.3) is 0 Å². The van der Waals surface area contributed by atoms with Crippen molar-refractivity contribution in [3.8, 4) is 0 Å². The molecule has 104 valence electrons. The molecule has 1 saturated heterocycles. The highest BCUT2D eigenvalue weighted by molar-refractivity contribution is 6.33. The number of carbonyl (C=O) groups is 1. The molecule has 1 atom stereocenters. The van der Waals surface area contributed by atoms with E-state index in [0.29, 0.717) is 23.0 Å². The Morgan fingerprint density at radius 3 is 2.95 bits per heavy atom. The van der Waals surface area contributed by atoms with E-state index in [1.165, 1.54) is 12.1 Å². The Hall–Kier alpha value is -1.13. The summed E-state index contributed by atoms with van der Waals surface area (Å²) in [7, 11) is 1.73. The maximum Gasteiger partial charge on any atom is 0.255 e. The van der Waals surface area contributed by atoms with Crippen molar-refractivity contribution in [2.24, 2.45) is 5.92 Å². The van der Waals surface area contributed by atoms with E-state index in [4.69, 9.17) is 11.6 Å². The molecule has 1 heterocycles. The molecule has 2 rings (SSSR count). The summed E-state index contributed by atoms with van der Waals surface area (Å²) in [5.74, 6) is -0.164. The largest absolute Gasteiger partial charge is 0.341 e. The Morgan fingerprint density at radius 2 is 2.32 bits per heavy atom. The Balaban J connectivity index is 2.12. The summed E-state index contributed by atoms with van der Waals surface area (Å²) in [6.45, 7) is 4.21. The van der Waals surface area contributed by atoms with Crippen LogP contribution in [0.5, 0.6) is 0 Å². The number of carbonyl (C=O) groups excluding carboxylic acids is 1. The van der Waals surface area contributed by atoms with Crippen LogP contribution in [0.4, 0.5) is 4.39 Å². The molecule has 0 aromatic heterocycles. The van der Waals surface area contributed by atoms with Crippen molar-refractivity contribution in [2.45, 2.75) is 13.3 Å². The maximum absolute atomic E-state index is 13.5. The van der Waals surface area contributed by atoms with Crippen molar-refractivity contribution < 1.29 is 9.18 Å². The predicted octanol–water partition coefficient (Wildman–Crippen LogP) is 2.47. The van der Waals surface area contributed by atoms with Crippen LogP contribution in [0.1, 0.15) is 22.3 Å². The van der Waals surface area contributed by atoms with Crippen molar-refractivity contribution >= 4 is 17.5 Å². The van der Waals surface area contributed by atoms with Gasteiger partial charge in [0.1, 0.15) is 5.82 Å². The molecular formula is C14H18ClFN2O. The number of amides is 1. The van der Waals surface area contributed by atoms with Gasteiger partial charge in [-0.25, -0.2) is 4.39 Å². The third-order valence-electron chi connectivity index (χ3n) is 3.52. The first kappa shape index (κ1) is 14.3. The van der Waals surface area contributed by atoms with Crippen LogP contribution >= 0.6 is 11.6 Å². The van der Waals surface area contributed by atoms with Gasteiger partial charge < -0.3 is 10.2 Å². The third-order valence-corrected chi connectivity index (χ3v) is 3.83. The second-order valence-electron chi connectivity index (χ2n) is 5.13. The van der Waals surface area contributed by atoms with Gasteiger partial charge in [0.15, 0.2) is 0 Å². The summed E-state index contributed by atoms with van der Waals surface area (Å²) in [5, 5.41) is 3.57. The summed E-state index contributed by atoms with van der Waals surface area (Å²) >= 11 is 6.03. The first-order valence-electron chi connectivity index (χ1n) is 6.41. The van der Waals surface area contributed by atoms with Crippen LogP contribution in [0.2, 0.25) is 5.02 Å². The summed E-state index contributed by atoms with van der Waals surface area (Å²) < 4.78 is 13.5.